The third-order valence-electron chi connectivity index (χ3n) is 3.33. The van der Waals surface area contributed by atoms with Gasteiger partial charge in [-0.2, -0.15) is 0 Å². The highest BCUT2D eigenvalue weighted by Gasteiger charge is 2.43. The molecular formula is C13H16BrF2NO. The normalized spacial score (nSPS) is 20.8. The first-order valence-electron chi connectivity index (χ1n) is 5.98. The SMILES string of the molecule is COc1ccc(Br)cc1C(F)(F)C1CCCNC1. The van der Waals surface area contributed by atoms with Crippen molar-refractivity contribution in [2.75, 3.05) is 20.2 Å². The number of piperidine rings is 1. The minimum Gasteiger partial charge on any atom is -0.496 e. The summed E-state index contributed by atoms with van der Waals surface area (Å²) in [7, 11) is 1.42. The minimum atomic E-state index is -2.87. The van der Waals surface area contributed by atoms with Crippen LogP contribution in [0.3, 0.4) is 0 Å². The molecular weight excluding hydrogens is 304 g/mol. The minimum absolute atomic E-state index is 0.0342. The first-order valence-corrected chi connectivity index (χ1v) is 6.77. The van der Waals surface area contributed by atoms with Crippen molar-refractivity contribution in [3.05, 3.63) is 28.2 Å². The van der Waals surface area contributed by atoms with Gasteiger partial charge in [-0.1, -0.05) is 15.9 Å². The van der Waals surface area contributed by atoms with Crippen molar-refractivity contribution in [2.45, 2.75) is 18.8 Å². The summed E-state index contributed by atoms with van der Waals surface area (Å²) in [5.41, 5.74) is -0.0342. The Kier molecular flexibility index (Phi) is 4.22. The number of alkyl halides is 2. The lowest BCUT2D eigenvalue weighted by atomic mass is 9.88. The van der Waals surface area contributed by atoms with Crippen LogP contribution < -0.4 is 10.1 Å². The van der Waals surface area contributed by atoms with Crippen LogP contribution in [0.4, 0.5) is 8.78 Å². The van der Waals surface area contributed by atoms with Gasteiger partial charge >= 0.3 is 0 Å². The van der Waals surface area contributed by atoms with E-state index in [0.29, 0.717) is 17.4 Å². The first-order chi connectivity index (χ1) is 8.55. The van der Waals surface area contributed by atoms with E-state index >= 15 is 0 Å². The molecule has 1 aromatic rings. The Morgan fingerprint density at radius 2 is 2.22 bits per heavy atom. The van der Waals surface area contributed by atoms with Crippen molar-refractivity contribution in [3.8, 4) is 5.75 Å². The van der Waals surface area contributed by atoms with Gasteiger partial charge in [0, 0.05) is 16.9 Å². The van der Waals surface area contributed by atoms with Gasteiger partial charge in [0.15, 0.2) is 0 Å². The zero-order valence-corrected chi connectivity index (χ0v) is 11.8. The fourth-order valence-corrected chi connectivity index (χ4v) is 2.68. The summed E-state index contributed by atoms with van der Waals surface area (Å²) in [4.78, 5) is 0. The topological polar surface area (TPSA) is 21.3 Å². The van der Waals surface area contributed by atoms with Gasteiger partial charge in [-0.25, -0.2) is 8.78 Å². The molecule has 18 heavy (non-hydrogen) atoms. The average Bonchev–Trinajstić information content (AvgIpc) is 2.39. The molecule has 1 aliphatic rings. The highest BCUT2D eigenvalue weighted by molar-refractivity contribution is 9.10. The molecule has 1 atom stereocenters. The van der Waals surface area contributed by atoms with Gasteiger partial charge in [0.2, 0.25) is 0 Å². The Bertz CT molecular complexity index is 419. The van der Waals surface area contributed by atoms with E-state index in [0.717, 1.165) is 13.0 Å². The molecule has 2 rings (SSSR count). The van der Waals surface area contributed by atoms with Gasteiger partial charge in [-0.3, -0.25) is 0 Å². The fraction of sp³-hybridized carbons (Fsp3) is 0.538. The molecule has 100 valence electrons. The number of halogens is 3. The van der Waals surface area contributed by atoms with E-state index in [1.165, 1.54) is 13.2 Å². The summed E-state index contributed by atoms with van der Waals surface area (Å²) in [6.07, 6.45) is 1.33. The number of nitrogens with one attached hydrogen (secondary N) is 1. The molecule has 1 fully saturated rings. The molecule has 1 aliphatic heterocycles. The van der Waals surface area contributed by atoms with Gasteiger partial charge in [-0.15, -0.1) is 0 Å². The molecule has 0 amide bonds. The van der Waals surface area contributed by atoms with Gasteiger partial charge in [0.25, 0.3) is 5.92 Å². The molecule has 5 heteroatoms. The van der Waals surface area contributed by atoms with Gasteiger partial charge < -0.3 is 10.1 Å². The van der Waals surface area contributed by atoms with Crippen LogP contribution in [0.5, 0.6) is 5.75 Å². The van der Waals surface area contributed by atoms with Crippen LogP contribution in [0.1, 0.15) is 18.4 Å². The summed E-state index contributed by atoms with van der Waals surface area (Å²) >= 11 is 3.24. The third-order valence-corrected chi connectivity index (χ3v) is 3.82. The zero-order valence-electron chi connectivity index (χ0n) is 10.2. The summed E-state index contributed by atoms with van der Waals surface area (Å²) < 4.78 is 34.8. The maximum Gasteiger partial charge on any atom is 0.280 e. The van der Waals surface area contributed by atoms with E-state index < -0.39 is 11.8 Å². The molecule has 2 nitrogen and oxygen atoms in total. The first kappa shape index (κ1) is 13.7. The van der Waals surface area contributed by atoms with Gasteiger partial charge in [0.05, 0.1) is 12.7 Å². The second-order valence-electron chi connectivity index (χ2n) is 4.51. The average molecular weight is 320 g/mol. The number of hydrogen-bond acceptors (Lipinski definition) is 2. The van der Waals surface area contributed by atoms with Crippen molar-refractivity contribution in [2.24, 2.45) is 5.92 Å². The summed E-state index contributed by atoms with van der Waals surface area (Å²) in [6.45, 7) is 1.17. The van der Waals surface area contributed by atoms with E-state index in [-0.39, 0.29) is 11.3 Å². The van der Waals surface area contributed by atoms with E-state index in [1.54, 1.807) is 12.1 Å². The van der Waals surface area contributed by atoms with Crippen molar-refractivity contribution >= 4 is 15.9 Å². The Labute approximate surface area is 114 Å². The summed E-state index contributed by atoms with van der Waals surface area (Å²) in [5.74, 6) is -3.30. The van der Waals surface area contributed by atoms with Gasteiger partial charge in [-0.05, 0) is 37.6 Å². The molecule has 0 radical (unpaired) electrons. The summed E-state index contributed by atoms with van der Waals surface area (Å²) in [6, 6.07) is 4.73. The van der Waals surface area contributed by atoms with E-state index in [4.69, 9.17) is 4.74 Å². The molecule has 1 unspecified atom stereocenters. The maximum atomic E-state index is 14.5. The Balaban J connectivity index is 2.35. The fourth-order valence-electron chi connectivity index (χ4n) is 2.32. The number of rotatable bonds is 3. The van der Waals surface area contributed by atoms with Crippen molar-refractivity contribution in [1.29, 1.82) is 0 Å². The monoisotopic (exact) mass is 319 g/mol. The lowest BCUT2D eigenvalue weighted by molar-refractivity contribution is -0.0739. The van der Waals surface area contributed by atoms with Crippen LogP contribution in [-0.2, 0) is 5.92 Å². The standard InChI is InChI=1S/C13H16BrF2NO/c1-18-12-5-4-10(14)7-11(12)13(15,16)9-3-2-6-17-8-9/h4-5,7,9,17H,2-3,6,8H2,1H3. The predicted octanol–water partition coefficient (Wildman–Crippen LogP) is 3.55. The predicted molar refractivity (Wildman–Crippen MR) is 70.2 cm³/mol. The lowest BCUT2D eigenvalue weighted by Crippen LogP contribution is -2.39. The van der Waals surface area contributed by atoms with E-state index in [9.17, 15) is 8.78 Å². The smallest absolute Gasteiger partial charge is 0.280 e. The molecule has 0 saturated carbocycles. The molecule has 0 aliphatic carbocycles. The van der Waals surface area contributed by atoms with Crippen LogP contribution in [0.25, 0.3) is 0 Å². The largest absolute Gasteiger partial charge is 0.496 e. The Morgan fingerprint density at radius 1 is 1.44 bits per heavy atom. The van der Waals surface area contributed by atoms with Crippen LogP contribution in [0.2, 0.25) is 0 Å². The van der Waals surface area contributed by atoms with Crippen LogP contribution in [-0.4, -0.2) is 20.2 Å². The Morgan fingerprint density at radius 3 is 2.83 bits per heavy atom. The molecule has 0 spiro atoms. The van der Waals surface area contributed by atoms with E-state index in [1.807, 2.05) is 0 Å². The Hall–Kier alpha value is -0.680. The molecule has 1 saturated heterocycles. The molecule has 0 bridgehead atoms. The van der Waals surface area contributed by atoms with Crippen molar-refractivity contribution in [3.63, 3.8) is 0 Å². The van der Waals surface area contributed by atoms with Crippen molar-refractivity contribution in [1.82, 2.24) is 5.32 Å². The second kappa shape index (κ2) is 5.53. The number of hydrogen-bond donors (Lipinski definition) is 1. The summed E-state index contributed by atoms with van der Waals surface area (Å²) in [5, 5.41) is 3.03. The zero-order chi connectivity index (χ0) is 13.2. The highest BCUT2D eigenvalue weighted by atomic mass is 79.9. The van der Waals surface area contributed by atoms with Gasteiger partial charge in [0.1, 0.15) is 5.75 Å². The third kappa shape index (κ3) is 2.67. The number of benzene rings is 1. The van der Waals surface area contributed by atoms with Crippen LogP contribution >= 0.6 is 15.9 Å². The highest BCUT2D eigenvalue weighted by Crippen LogP contribution is 2.44. The number of ether oxygens (including phenoxy) is 1. The number of methoxy groups -OCH3 is 1. The van der Waals surface area contributed by atoms with E-state index in [2.05, 4.69) is 21.2 Å². The maximum absolute atomic E-state index is 14.5. The van der Waals surface area contributed by atoms with Crippen LogP contribution in [0, 0.1) is 5.92 Å². The molecule has 0 aromatic heterocycles. The quantitative estimate of drug-likeness (QED) is 0.920. The van der Waals surface area contributed by atoms with Crippen LogP contribution in [0.15, 0.2) is 22.7 Å². The second-order valence-corrected chi connectivity index (χ2v) is 5.43. The lowest BCUT2D eigenvalue weighted by Gasteiger charge is -2.31. The van der Waals surface area contributed by atoms with Crippen molar-refractivity contribution < 1.29 is 13.5 Å². The molecule has 1 aromatic carbocycles. The molecule has 1 heterocycles. The molecule has 1 N–H and O–H groups in total.